The molecule has 2 aromatic carbocycles. The Kier molecular flexibility index (Phi) is 51.0. The minimum atomic E-state index is -1.30. The first-order chi connectivity index (χ1) is 34.4. The summed E-state index contributed by atoms with van der Waals surface area (Å²) in [6.45, 7) is 0.956. The predicted molar refractivity (Wildman–Crippen MR) is 278 cm³/mol. The summed E-state index contributed by atoms with van der Waals surface area (Å²) in [5.41, 5.74) is 2.94. The van der Waals surface area contributed by atoms with Gasteiger partial charge in [0, 0.05) is 13.0 Å². The van der Waals surface area contributed by atoms with E-state index in [0.29, 0.717) is 71.0 Å². The molecule has 0 unspecified atom stereocenters. The van der Waals surface area contributed by atoms with Crippen molar-refractivity contribution in [3.05, 3.63) is 65.2 Å². The third-order valence-electron chi connectivity index (χ3n) is 7.87. The Labute approximate surface area is 473 Å². The number of ether oxygens (including phenoxy) is 1. The van der Waals surface area contributed by atoms with Crippen molar-refractivity contribution in [1.29, 1.82) is 0 Å². The molecule has 21 nitrogen and oxygen atoms in total. The monoisotopic (exact) mass is 1320 g/mol. The van der Waals surface area contributed by atoms with Crippen LogP contribution in [0.25, 0.3) is 0 Å². The Morgan fingerprint density at radius 1 is 0.639 bits per heavy atom. The van der Waals surface area contributed by atoms with Crippen LogP contribution in [0, 0.1) is 0 Å². The zero-order valence-corrected chi connectivity index (χ0v) is 48.4. The molecule has 2 atom stereocenters. The standard InChI is InChI=1S/C22H24N2O7S.C9H15N5O3S.2C4H10S3.2CO2.2Tc/c25-19(26)10-9-18(20(27)28)24-22(30)23-12-11-14-3-7-17(8-4-14)31-21(29)16-5-1-15(13-32)2-6-16;15-8(16)7(12-9(17)10-3-4-18)2-1-6-5-11-14-13-6;2*5-1-3-7-4-2-6;2*2-1-3;;/h1-8,18,32H,9-13H2,(H,25,26)(H,27,28)(H2,23,24,30);7,18H,1-5H2,(H,15,16)(H2,10,12,17);2*5-6H,1-4H2;;;;/q;;;;;;2*+3/p-6/t18-;7-;;;;;;/m00....../s1. The SMILES string of the molecule is O=C(NCC[S-])N[C@@H](CCC1=NN=NC1)C(=O)O.O=C(O)CC[C@H](NC(=O)NCCc1ccc(OC(=O)c2ccc(C[S-])cc2)cc1)C(=O)O.O=C=O.O=C=O.[S-]CC[S](=[Tc+3])CC[S-].[S-]CC[S](=[Tc+3])CC[S-]. The van der Waals surface area contributed by atoms with Gasteiger partial charge in [-0.25, -0.2) is 24.0 Å². The molecule has 0 aliphatic carbocycles. The molecule has 0 aromatic heterocycles. The Bertz CT molecular complexity index is 2040. The quantitative estimate of drug-likeness (QED) is 0.0404. The summed E-state index contributed by atoms with van der Waals surface area (Å²) >= 11 is 33.7. The van der Waals surface area contributed by atoms with Gasteiger partial charge >= 0.3 is 196 Å². The molecule has 0 bridgehead atoms. The van der Waals surface area contributed by atoms with Crippen LogP contribution < -0.4 is 26.0 Å². The van der Waals surface area contributed by atoms with Gasteiger partial charge in [0.2, 0.25) is 0 Å². The summed E-state index contributed by atoms with van der Waals surface area (Å²) in [6.07, 6.45) is 1.06. The Hall–Kier alpha value is -3.01. The van der Waals surface area contributed by atoms with Crippen molar-refractivity contribution in [2.24, 2.45) is 15.4 Å². The number of esters is 1. The van der Waals surface area contributed by atoms with Gasteiger partial charge < -0.3 is 66.6 Å². The number of hydrogen-bond acceptors (Lipinski definition) is 20. The van der Waals surface area contributed by atoms with E-state index >= 15 is 0 Å². The molecule has 1 aliphatic rings. The van der Waals surface area contributed by atoms with E-state index in [2.05, 4.69) is 83.6 Å². The summed E-state index contributed by atoms with van der Waals surface area (Å²) in [5, 5.41) is 47.1. The summed E-state index contributed by atoms with van der Waals surface area (Å²) in [4.78, 5) is 100. The van der Waals surface area contributed by atoms with Crippen molar-refractivity contribution in [2.75, 3.05) is 71.4 Å². The molecule has 0 saturated carbocycles. The van der Waals surface area contributed by atoms with Crippen LogP contribution in [0.1, 0.15) is 47.2 Å². The van der Waals surface area contributed by atoms with Crippen molar-refractivity contribution in [3.8, 4) is 5.75 Å². The number of aliphatic carboxylic acids is 3. The fraction of sp³-hybridized carbons (Fsp3) is 0.488. The molecule has 0 spiro atoms. The van der Waals surface area contributed by atoms with Gasteiger partial charge in [0.1, 0.15) is 24.4 Å². The molecule has 0 radical (unpaired) electrons. The zero-order valence-electron chi connectivity index (χ0n) is 38.2. The molecule has 2 aromatic rings. The summed E-state index contributed by atoms with van der Waals surface area (Å²) in [5.74, 6) is 5.46. The molecule has 398 valence electrons. The van der Waals surface area contributed by atoms with E-state index < -0.39 is 48.0 Å². The van der Waals surface area contributed by atoms with E-state index in [-0.39, 0.29) is 38.1 Å². The molecule has 72 heavy (non-hydrogen) atoms. The number of carbonyl (C=O) groups is 6. The second-order valence-corrected chi connectivity index (χ2v) is 25.2. The molecule has 0 fully saturated rings. The summed E-state index contributed by atoms with van der Waals surface area (Å²) in [7, 11) is 0.983. The zero-order chi connectivity index (χ0) is 55.1. The number of urea groups is 2. The van der Waals surface area contributed by atoms with Gasteiger partial charge in [0.15, 0.2) is 0 Å². The van der Waals surface area contributed by atoms with Gasteiger partial charge in [-0.1, -0.05) is 29.8 Å². The fourth-order valence-corrected chi connectivity index (χ4v) is 13.7. The van der Waals surface area contributed by atoms with Crippen LogP contribution in [0.15, 0.2) is 64.0 Å². The molecule has 0 saturated heterocycles. The number of nitrogens with one attached hydrogen (secondary N) is 4. The number of carbonyl (C=O) groups excluding carboxylic acids is 7. The number of benzene rings is 2. The Morgan fingerprint density at radius 3 is 1.47 bits per heavy atom. The van der Waals surface area contributed by atoms with Crippen molar-refractivity contribution in [1.82, 2.24) is 21.3 Å². The van der Waals surface area contributed by atoms with Gasteiger partial charge in [0.25, 0.3) is 0 Å². The third kappa shape index (κ3) is 43.4. The predicted octanol–water partition coefficient (Wildman–Crippen LogP) is 2.45. The number of hydrogen-bond donors (Lipinski definition) is 7. The van der Waals surface area contributed by atoms with Crippen LogP contribution >= 0.6 is 16.5 Å². The van der Waals surface area contributed by atoms with Crippen molar-refractivity contribution in [2.45, 2.75) is 49.9 Å². The van der Waals surface area contributed by atoms with Gasteiger partial charge in [-0.2, -0.15) is 35.8 Å². The first-order valence-corrected chi connectivity index (χ1v) is 31.5. The average Bonchev–Trinajstić information content (AvgIpc) is 3.87. The van der Waals surface area contributed by atoms with Crippen LogP contribution in [-0.4, -0.2) is 153 Å². The average molecular weight is 1320 g/mol. The van der Waals surface area contributed by atoms with Crippen molar-refractivity contribution < 1.29 is 102 Å². The molecule has 3 rings (SSSR count). The first-order valence-electron chi connectivity index (χ1n) is 20.6. The van der Waals surface area contributed by atoms with E-state index in [1.54, 1.807) is 48.5 Å². The van der Waals surface area contributed by atoms with Crippen LogP contribution in [0.4, 0.5) is 9.59 Å². The van der Waals surface area contributed by atoms with Crippen molar-refractivity contribution >= 4 is 146 Å². The number of amides is 4. The minimum absolute atomic E-state index is 0.212. The van der Waals surface area contributed by atoms with Gasteiger partial charge in [-0.15, -0.1) is 5.10 Å². The Balaban J connectivity index is -0.000000990. The Morgan fingerprint density at radius 2 is 1.08 bits per heavy atom. The molecule has 4 amide bonds. The van der Waals surface area contributed by atoms with Crippen LogP contribution in [0.2, 0.25) is 0 Å². The van der Waals surface area contributed by atoms with Crippen molar-refractivity contribution in [3.63, 3.8) is 0 Å². The van der Waals surface area contributed by atoms with E-state index in [0.717, 1.165) is 34.1 Å². The molecule has 31 heteroatoms. The second kappa shape index (κ2) is 50.2. The molecule has 1 heterocycles. The van der Waals surface area contributed by atoms with Gasteiger partial charge in [-0.05, 0) is 67.3 Å². The van der Waals surface area contributed by atoms with E-state index in [1.165, 1.54) is 23.0 Å². The molecular weight excluding hydrogens is 1270 g/mol. The fourth-order valence-electron chi connectivity index (χ4n) is 4.56. The summed E-state index contributed by atoms with van der Waals surface area (Å²) < 4.78 is 5.34. The maximum absolute atomic E-state index is 12.2. The van der Waals surface area contributed by atoms with Crippen LogP contribution in [-0.2, 0) is 156 Å². The van der Waals surface area contributed by atoms with Gasteiger partial charge in [0.05, 0.1) is 11.3 Å². The third-order valence-corrected chi connectivity index (χ3v) is 17.4. The van der Waals surface area contributed by atoms with E-state index in [4.69, 9.17) is 102 Å². The number of carboxylic acid groups (broad SMARTS) is 3. The first kappa shape index (κ1) is 73.2. The summed E-state index contributed by atoms with van der Waals surface area (Å²) in [6, 6.07) is 10.2. The van der Waals surface area contributed by atoms with E-state index in [9.17, 15) is 28.8 Å². The van der Waals surface area contributed by atoms with Crippen LogP contribution in [0.5, 0.6) is 5.75 Å². The topological polar surface area (TPSA) is 326 Å². The number of carboxylic acids is 3. The maximum atomic E-state index is 12.2. The molecular formula is C41H53N7O14S8Tc2. The van der Waals surface area contributed by atoms with E-state index in [1.807, 2.05) is 0 Å². The number of rotatable bonds is 26. The second-order valence-electron chi connectivity index (χ2n) is 13.1. The number of nitrogens with zero attached hydrogens (tertiary/aromatic N) is 3. The molecule has 7 N–H and O–H groups in total. The normalized spacial score (nSPS) is 11.3. The van der Waals surface area contributed by atoms with Crippen LogP contribution in [0.3, 0.4) is 0 Å². The molecule has 1 aliphatic heterocycles. The van der Waals surface area contributed by atoms with Gasteiger partial charge in [-0.3, -0.25) is 4.79 Å².